The molecule has 2 aromatic rings. The van der Waals surface area contributed by atoms with Gasteiger partial charge in [0.05, 0.1) is 19.1 Å². The lowest BCUT2D eigenvalue weighted by molar-refractivity contribution is 0.0670. The fourth-order valence-corrected chi connectivity index (χ4v) is 1.69. The molecular formula is C13H16N2O4. The topological polar surface area (TPSA) is 68.7 Å². The summed E-state index contributed by atoms with van der Waals surface area (Å²) in [4.78, 5) is 14.0. The minimum absolute atomic E-state index is 0.185. The molecule has 0 radical (unpaired) electrons. The molecule has 19 heavy (non-hydrogen) atoms. The number of nitrogens with zero attached hydrogens (tertiary/aromatic N) is 2. The van der Waals surface area contributed by atoms with Gasteiger partial charge >= 0.3 is 0 Å². The molecule has 1 amide bonds. The van der Waals surface area contributed by atoms with Crippen molar-refractivity contribution in [3.05, 3.63) is 41.7 Å². The Kier molecular flexibility index (Phi) is 4.35. The minimum Gasteiger partial charge on any atom is -0.472 e. The molecule has 0 N–H and O–H groups in total. The summed E-state index contributed by atoms with van der Waals surface area (Å²) in [5.41, 5.74) is 1.22. The number of methoxy groups -OCH3 is 1. The largest absolute Gasteiger partial charge is 0.472 e. The average molecular weight is 264 g/mol. The summed E-state index contributed by atoms with van der Waals surface area (Å²) in [5, 5.41) is 3.74. The van der Waals surface area contributed by atoms with Crippen LogP contribution in [-0.4, -0.2) is 36.2 Å². The maximum atomic E-state index is 12.3. The normalized spacial score (nSPS) is 10.6. The van der Waals surface area contributed by atoms with Crippen LogP contribution in [0.3, 0.4) is 0 Å². The third-order valence-electron chi connectivity index (χ3n) is 2.65. The van der Waals surface area contributed by atoms with E-state index in [-0.39, 0.29) is 5.91 Å². The summed E-state index contributed by atoms with van der Waals surface area (Å²) in [6.45, 7) is 3.14. The Morgan fingerprint density at radius 3 is 2.95 bits per heavy atom. The van der Waals surface area contributed by atoms with E-state index in [0.717, 1.165) is 5.56 Å². The summed E-state index contributed by atoms with van der Waals surface area (Å²) in [7, 11) is 1.60. The molecule has 0 saturated heterocycles. The second-order valence-corrected chi connectivity index (χ2v) is 4.17. The summed E-state index contributed by atoms with van der Waals surface area (Å²) >= 11 is 0. The van der Waals surface area contributed by atoms with Gasteiger partial charge in [0.2, 0.25) is 0 Å². The summed E-state index contributed by atoms with van der Waals surface area (Å²) < 4.78 is 15.0. The molecule has 6 nitrogen and oxygen atoms in total. The molecule has 0 unspecified atom stereocenters. The van der Waals surface area contributed by atoms with Gasteiger partial charge in [0.15, 0.2) is 5.69 Å². The van der Waals surface area contributed by atoms with E-state index in [2.05, 4.69) is 5.16 Å². The SMILES string of the molecule is COCCN(Cc1ccoc1)C(=O)c1cc(C)on1. The van der Waals surface area contributed by atoms with E-state index in [0.29, 0.717) is 31.2 Å². The van der Waals surface area contributed by atoms with Crippen LogP contribution in [-0.2, 0) is 11.3 Å². The van der Waals surface area contributed by atoms with Crippen molar-refractivity contribution in [2.45, 2.75) is 13.5 Å². The summed E-state index contributed by atoms with van der Waals surface area (Å²) in [6, 6.07) is 3.44. The number of hydrogen-bond donors (Lipinski definition) is 0. The highest BCUT2D eigenvalue weighted by atomic mass is 16.5. The first-order chi connectivity index (χ1) is 9.20. The molecule has 0 bridgehead atoms. The van der Waals surface area contributed by atoms with Crippen LogP contribution in [0.15, 0.2) is 33.6 Å². The maximum Gasteiger partial charge on any atom is 0.276 e. The summed E-state index contributed by atoms with van der Waals surface area (Å²) in [5.74, 6) is 0.424. The van der Waals surface area contributed by atoms with Crippen LogP contribution in [0.5, 0.6) is 0 Å². The molecule has 0 saturated carbocycles. The Morgan fingerprint density at radius 2 is 2.37 bits per heavy atom. The van der Waals surface area contributed by atoms with Gasteiger partial charge in [-0.1, -0.05) is 5.16 Å². The van der Waals surface area contributed by atoms with Gasteiger partial charge in [0.25, 0.3) is 5.91 Å². The molecule has 0 aromatic carbocycles. The first-order valence-corrected chi connectivity index (χ1v) is 5.93. The number of aromatic nitrogens is 1. The van der Waals surface area contributed by atoms with E-state index < -0.39 is 0 Å². The lowest BCUT2D eigenvalue weighted by Gasteiger charge is -2.20. The Labute approximate surface area is 110 Å². The molecule has 0 aliphatic heterocycles. The highest BCUT2D eigenvalue weighted by Crippen LogP contribution is 2.11. The van der Waals surface area contributed by atoms with Gasteiger partial charge in [-0.05, 0) is 13.0 Å². The second kappa shape index (κ2) is 6.19. The van der Waals surface area contributed by atoms with E-state index in [1.165, 1.54) is 0 Å². The van der Waals surface area contributed by atoms with Crippen molar-refractivity contribution in [1.29, 1.82) is 0 Å². The number of ether oxygens (including phenoxy) is 1. The van der Waals surface area contributed by atoms with Crippen LogP contribution >= 0.6 is 0 Å². The van der Waals surface area contributed by atoms with Gasteiger partial charge in [-0.15, -0.1) is 0 Å². The number of carbonyl (C=O) groups excluding carboxylic acids is 1. The average Bonchev–Trinajstić information content (AvgIpc) is 3.05. The zero-order chi connectivity index (χ0) is 13.7. The number of rotatable bonds is 6. The predicted octanol–water partition coefficient (Wildman–Crippen LogP) is 1.86. The molecule has 6 heteroatoms. The van der Waals surface area contributed by atoms with Crippen molar-refractivity contribution in [2.24, 2.45) is 0 Å². The first-order valence-electron chi connectivity index (χ1n) is 5.93. The Morgan fingerprint density at radius 1 is 1.53 bits per heavy atom. The van der Waals surface area contributed by atoms with Crippen LogP contribution in [0.2, 0.25) is 0 Å². The number of aryl methyl sites for hydroxylation is 1. The Hall–Kier alpha value is -2.08. The van der Waals surface area contributed by atoms with Crippen molar-refractivity contribution in [1.82, 2.24) is 10.1 Å². The van der Waals surface area contributed by atoms with Crippen LogP contribution in [0, 0.1) is 6.92 Å². The van der Waals surface area contributed by atoms with E-state index >= 15 is 0 Å². The number of furan rings is 1. The molecule has 0 aliphatic carbocycles. The van der Waals surface area contributed by atoms with Gasteiger partial charge in [-0.25, -0.2) is 0 Å². The fraction of sp³-hybridized carbons (Fsp3) is 0.385. The van der Waals surface area contributed by atoms with E-state index in [4.69, 9.17) is 13.7 Å². The molecule has 0 atom stereocenters. The van der Waals surface area contributed by atoms with Crippen molar-refractivity contribution in [3.63, 3.8) is 0 Å². The highest BCUT2D eigenvalue weighted by molar-refractivity contribution is 5.92. The van der Waals surface area contributed by atoms with E-state index in [9.17, 15) is 4.79 Å². The Bertz CT molecular complexity index is 518. The third-order valence-corrected chi connectivity index (χ3v) is 2.65. The zero-order valence-electron chi connectivity index (χ0n) is 11.0. The van der Waals surface area contributed by atoms with Crippen molar-refractivity contribution in [3.8, 4) is 0 Å². The fourth-order valence-electron chi connectivity index (χ4n) is 1.69. The molecule has 102 valence electrons. The van der Waals surface area contributed by atoms with Crippen LogP contribution in [0.1, 0.15) is 21.8 Å². The maximum absolute atomic E-state index is 12.3. The van der Waals surface area contributed by atoms with Gasteiger partial charge in [-0.2, -0.15) is 0 Å². The van der Waals surface area contributed by atoms with Crippen LogP contribution < -0.4 is 0 Å². The molecule has 2 rings (SSSR count). The number of amides is 1. The van der Waals surface area contributed by atoms with Crippen molar-refractivity contribution in [2.75, 3.05) is 20.3 Å². The van der Waals surface area contributed by atoms with Gasteiger partial charge in [0, 0.05) is 31.8 Å². The Balaban J connectivity index is 2.10. The third kappa shape index (κ3) is 3.45. The van der Waals surface area contributed by atoms with Crippen molar-refractivity contribution >= 4 is 5.91 Å². The first kappa shape index (κ1) is 13.4. The zero-order valence-corrected chi connectivity index (χ0v) is 11.0. The van der Waals surface area contributed by atoms with Crippen LogP contribution in [0.25, 0.3) is 0 Å². The van der Waals surface area contributed by atoms with Gasteiger partial charge < -0.3 is 18.6 Å². The summed E-state index contributed by atoms with van der Waals surface area (Å²) in [6.07, 6.45) is 3.19. The van der Waals surface area contributed by atoms with Crippen molar-refractivity contribution < 1.29 is 18.5 Å². The highest BCUT2D eigenvalue weighted by Gasteiger charge is 2.19. The van der Waals surface area contributed by atoms with Crippen LogP contribution in [0.4, 0.5) is 0 Å². The van der Waals surface area contributed by atoms with Gasteiger partial charge in [-0.3, -0.25) is 4.79 Å². The lowest BCUT2D eigenvalue weighted by Crippen LogP contribution is -2.33. The molecule has 0 fully saturated rings. The molecule has 0 spiro atoms. The molecular weight excluding hydrogens is 248 g/mol. The lowest BCUT2D eigenvalue weighted by atomic mass is 10.2. The smallest absolute Gasteiger partial charge is 0.276 e. The number of carbonyl (C=O) groups is 1. The van der Waals surface area contributed by atoms with E-state index in [1.807, 2.05) is 6.07 Å². The van der Waals surface area contributed by atoms with Gasteiger partial charge in [0.1, 0.15) is 5.76 Å². The standard InChI is InChI=1S/C13H16N2O4/c1-10-7-12(14-19-10)13(16)15(4-6-17-2)8-11-3-5-18-9-11/h3,5,7,9H,4,6,8H2,1-2H3. The monoisotopic (exact) mass is 264 g/mol. The molecule has 2 aromatic heterocycles. The quantitative estimate of drug-likeness (QED) is 0.796. The predicted molar refractivity (Wildman–Crippen MR) is 66.6 cm³/mol. The second-order valence-electron chi connectivity index (χ2n) is 4.17. The van der Waals surface area contributed by atoms with E-state index in [1.54, 1.807) is 37.5 Å². The molecule has 2 heterocycles. The minimum atomic E-state index is -0.185. The molecule has 0 aliphatic rings. The number of hydrogen-bond acceptors (Lipinski definition) is 5.